The Kier molecular flexibility index (Phi) is 6.02. The highest BCUT2D eigenvalue weighted by molar-refractivity contribution is 5.74. The number of urea groups is 1. The van der Waals surface area contributed by atoms with E-state index in [-0.39, 0.29) is 18.1 Å². The molecule has 1 saturated heterocycles. The third kappa shape index (κ3) is 5.48. The van der Waals surface area contributed by atoms with Gasteiger partial charge in [0, 0.05) is 50.2 Å². The highest BCUT2D eigenvalue weighted by atomic mass is 16.5. The fourth-order valence-electron chi connectivity index (χ4n) is 2.95. The maximum absolute atomic E-state index is 12.6. The number of nitrogens with one attached hydrogen (secondary N) is 1. The molecular weight excluding hydrogens is 348 g/mol. The number of morpholine rings is 1. The van der Waals surface area contributed by atoms with E-state index in [1.807, 2.05) is 26.0 Å². The van der Waals surface area contributed by atoms with Gasteiger partial charge >= 0.3 is 6.03 Å². The first-order valence-corrected chi connectivity index (χ1v) is 8.99. The summed E-state index contributed by atoms with van der Waals surface area (Å²) in [4.78, 5) is 24.7. The second-order valence-electron chi connectivity index (χ2n) is 7.31. The van der Waals surface area contributed by atoms with Crippen LogP contribution in [-0.2, 0) is 11.3 Å². The van der Waals surface area contributed by atoms with Gasteiger partial charge in [0.2, 0.25) is 11.7 Å². The molecule has 0 radical (unpaired) electrons. The Balaban J connectivity index is 1.53. The maximum atomic E-state index is 12.6. The molecule has 146 valence electrons. The summed E-state index contributed by atoms with van der Waals surface area (Å²) in [6.45, 7) is 8.26. The molecule has 0 saturated carbocycles. The molecule has 1 fully saturated rings. The highest BCUT2D eigenvalue weighted by Gasteiger charge is 2.26. The van der Waals surface area contributed by atoms with E-state index in [2.05, 4.69) is 25.3 Å². The van der Waals surface area contributed by atoms with Crippen LogP contribution in [-0.4, -0.2) is 76.4 Å². The smallest absolute Gasteiger partial charge is 0.318 e. The van der Waals surface area contributed by atoms with Crippen molar-refractivity contribution in [3.63, 3.8) is 0 Å². The molecule has 0 unspecified atom stereocenters. The number of nitrogens with zero attached hydrogens (tertiary/aromatic N) is 5. The quantitative estimate of drug-likeness (QED) is 0.816. The van der Waals surface area contributed by atoms with Crippen molar-refractivity contribution in [3.8, 4) is 11.4 Å². The van der Waals surface area contributed by atoms with Crippen LogP contribution in [0.25, 0.3) is 11.4 Å². The van der Waals surface area contributed by atoms with Gasteiger partial charge in [-0.15, -0.1) is 0 Å². The number of carbonyl (C=O) groups excluding carboxylic acids is 1. The Morgan fingerprint density at radius 3 is 2.85 bits per heavy atom. The average Bonchev–Trinajstić information content (AvgIpc) is 3.11. The third-order valence-electron chi connectivity index (χ3n) is 4.27. The van der Waals surface area contributed by atoms with E-state index in [4.69, 9.17) is 9.26 Å². The fraction of sp³-hybridized carbons (Fsp3) is 0.556. The third-order valence-corrected chi connectivity index (χ3v) is 4.27. The molecule has 2 aromatic heterocycles. The maximum Gasteiger partial charge on any atom is 0.318 e. The van der Waals surface area contributed by atoms with E-state index in [1.165, 1.54) is 4.90 Å². The molecule has 0 aromatic carbocycles. The molecule has 3 rings (SSSR count). The van der Waals surface area contributed by atoms with Crippen LogP contribution in [0.4, 0.5) is 4.79 Å². The van der Waals surface area contributed by atoms with Crippen molar-refractivity contribution in [1.29, 1.82) is 0 Å². The van der Waals surface area contributed by atoms with Crippen LogP contribution in [0.5, 0.6) is 0 Å². The number of aromatic nitrogens is 3. The molecule has 9 heteroatoms. The van der Waals surface area contributed by atoms with E-state index >= 15 is 0 Å². The summed E-state index contributed by atoms with van der Waals surface area (Å²) in [5.41, 5.74) is 0.407. The number of hydrogen-bond donors (Lipinski definition) is 1. The second-order valence-corrected chi connectivity index (χ2v) is 7.31. The molecule has 1 aliphatic rings. The van der Waals surface area contributed by atoms with E-state index < -0.39 is 0 Å². The molecule has 2 aromatic rings. The molecule has 0 bridgehead atoms. The molecule has 9 nitrogen and oxygen atoms in total. The Bertz CT molecular complexity index is 743. The van der Waals surface area contributed by atoms with Crippen LogP contribution < -0.4 is 5.32 Å². The summed E-state index contributed by atoms with van der Waals surface area (Å²) >= 11 is 0. The van der Waals surface area contributed by atoms with Gasteiger partial charge in [-0.3, -0.25) is 9.88 Å². The van der Waals surface area contributed by atoms with Gasteiger partial charge in [-0.25, -0.2) is 4.79 Å². The summed E-state index contributed by atoms with van der Waals surface area (Å²) in [5, 5.41) is 7.01. The van der Waals surface area contributed by atoms with Crippen LogP contribution in [0.2, 0.25) is 0 Å². The number of carbonyl (C=O) groups is 1. The van der Waals surface area contributed by atoms with Crippen molar-refractivity contribution >= 4 is 6.03 Å². The first-order chi connectivity index (χ1) is 12.9. The normalized spacial score (nSPS) is 15.5. The molecule has 1 aliphatic heterocycles. The van der Waals surface area contributed by atoms with Gasteiger partial charge in [-0.1, -0.05) is 5.16 Å². The molecule has 0 aliphatic carbocycles. The summed E-state index contributed by atoms with van der Waals surface area (Å²) in [7, 11) is 1.70. The van der Waals surface area contributed by atoms with Crippen molar-refractivity contribution in [2.45, 2.75) is 25.9 Å². The van der Waals surface area contributed by atoms with Crippen molar-refractivity contribution in [2.75, 3.05) is 39.9 Å². The molecule has 1 N–H and O–H groups in total. The van der Waals surface area contributed by atoms with Gasteiger partial charge in [0.15, 0.2) is 0 Å². The fourth-order valence-corrected chi connectivity index (χ4v) is 2.95. The number of pyridine rings is 1. The zero-order valence-corrected chi connectivity index (χ0v) is 16.0. The first-order valence-electron chi connectivity index (χ1n) is 8.99. The minimum atomic E-state index is -0.363. The van der Waals surface area contributed by atoms with Crippen molar-refractivity contribution in [3.05, 3.63) is 30.4 Å². The number of rotatable bonds is 6. The lowest BCUT2D eigenvalue weighted by molar-refractivity contribution is 0.0276. The van der Waals surface area contributed by atoms with E-state index in [0.717, 1.165) is 38.4 Å². The van der Waals surface area contributed by atoms with Crippen molar-refractivity contribution in [2.24, 2.45) is 0 Å². The molecule has 2 amide bonds. The molecular formula is C18H26N6O3. The predicted octanol–water partition coefficient (Wildman–Crippen LogP) is 1.38. The first kappa shape index (κ1) is 19.2. The minimum absolute atomic E-state index is 0.186. The minimum Gasteiger partial charge on any atom is -0.379 e. The van der Waals surface area contributed by atoms with Gasteiger partial charge in [0.25, 0.3) is 0 Å². The highest BCUT2D eigenvalue weighted by Crippen LogP contribution is 2.15. The van der Waals surface area contributed by atoms with Gasteiger partial charge < -0.3 is 19.5 Å². The Morgan fingerprint density at radius 1 is 1.37 bits per heavy atom. The van der Waals surface area contributed by atoms with E-state index in [1.54, 1.807) is 19.4 Å². The van der Waals surface area contributed by atoms with Crippen LogP contribution >= 0.6 is 0 Å². The lowest BCUT2D eigenvalue weighted by Gasteiger charge is -2.36. The van der Waals surface area contributed by atoms with Gasteiger partial charge in [0.05, 0.1) is 13.2 Å². The van der Waals surface area contributed by atoms with Gasteiger partial charge in [-0.05, 0) is 26.0 Å². The lowest BCUT2D eigenvalue weighted by atomic mass is 10.0. The van der Waals surface area contributed by atoms with Gasteiger partial charge in [-0.2, -0.15) is 4.98 Å². The Hall–Kier alpha value is -2.52. The summed E-state index contributed by atoms with van der Waals surface area (Å²) in [6, 6.07) is 3.47. The van der Waals surface area contributed by atoms with Crippen LogP contribution in [0.1, 0.15) is 19.7 Å². The Morgan fingerprint density at radius 2 is 2.15 bits per heavy atom. The topological polar surface area (TPSA) is 96.6 Å². The number of ether oxygens (including phenoxy) is 1. The molecule has 3 heterocycles. The number of amides is 2. The van der Waals surface area contributed by atoms with Crippen molar-refractivity contribution < 1.29 is 14.1 Å². The SMILES string of the molecule is CN(Cc1nc(-c2cccnc2)no1)C(=O)NC(C)(C)CN1CCOCC1. The van der Waals surface area contributed by atoms with Crippen LogP contribution in [0.15, 0.2) is 29.0 Å². The zero-order valence-electron chi connectivity index (χ0n) is 16.0. The summed E-state index contributed by atoms with van der Waals surface area (Å²) < 4.78 is 10.6. The van der Waals surface area contributed by atoms with E-state index in [9.17, 15) is 4.79 Å². The summed E-state index contributed by atoms with van der Waals surface area (Å²) in [6.07, 6.45) is 3.35. The molecule has 0 spiro atoms. The van der Waals surface area contributed by atoms with E-state index in [0.29, 0.717) is 11.7 Å². The summed E-state index contributed by atoms with van der Waals surface area (Å²) in [5.74, 6) is 0.831. The standard InChI is InChI=1S/C18H26N6O3/c1-18(2,13-24-7-9-26-10-8-24)21-17(25)23(3)12-15-20-16(22-27-15)14-5-4-6-19-11-14/h4-6,11H,7-10,12-13H2,1-3H3,(H,21,25). The van der Waals surface area contributed by atoms with Crippen LogP contribution in [0.3, 0.4) is 0 Å². The largest absolute Gasteiger partial charge is 0.379 e. The van der Waals surface area contributed by atoms with Gasteiger partial charge in [0.1, 0.15) is 6.54 Å². The predicted molar refractivity (Wildman–Crippen MR) is 98.9 cm³/mol. The molecule has 27 heavy (non-hydrogen) atoms. The Labute approximate surface area is 158 Å². The molecule has 0 atom stereocenters. The van der Waals surface area contributed by atoms with Crippen molar-refractivity contribution in [1.82, 2.24) is 30.2 Å². The monoisotopic (exact) mass is 374 g/mol. The second kappa shape index (κ2) is 8.45. The lowest BCUT2D eigenvalue weighted by Crippen LogP contribution is -2.55. The average molecular weight is 374 g/mol. The number of hydrogen-bond acceptors (Lipinski definition) is 7. The zero-order chi connectivity index (χ0) is 19.3. The van der Waals surface area contributed by atoms with Crippen LogP contribution in [0, 0.1) is 0 Å².